The first kappa shape index (κ1) is 19.9. The van der Waals surface area contributed by atoms with Gasteiger partial charge in [0.15, 0.2) is 11.2 Å². The summed E-state index contributed by atoms with van der Waals surface area (Å²) in [6.07, 6.45) is 0.234. The Kier molecular flexibility index (Phi) is 5.20. The van der Waals surface area contributed by atoms with Gasteiger partial charge in [-0.15, -0.1) is 0 Å². The van der Waals surface area contributed by atoms with E-state index in [1.54, 1.807) is 18.2 Å². The highest BCUT2D eigenvalue weighted by Crippen LogP contribution is 2.54. The molecule has 1 aromatic carbocycles. The Bertz CT molecular complexity index is 1110. The summed E-state index contributed by atoms with van der Waals surface area (Å²) >= 11 is 0. The monoisotopic (exact) mass is 415 g/mol. The number of para-hydroxylation sites is 1. The number of ether oxygens (including phenoxy) is 1. The van der Waals surface area contributed by atoms with E-state index in [0.717, 1.165) is 0 Å². The second-order valence-corrected chi connectivity index (χ2v) is 7.65. The van der Waals surface area contributed by atoms with Gasteiger partial charge in [0.25, 0.3) is 5.56 Å². The lowest BCUT2D eigenvalue weighted by atomic mass is 10.2. The van der Waals surface area contributed by atoms with Gasteiger partial charge in [-0.25, -0.2) is 4.98 Å². The predicted molar refractivity (Wildman–Crippen MR) is 95.2 cm³/mol. The van der Waals surface area contributed by atoms with Gasteiger partial charge in [-0.3, -0.25) is 14.3 Å². The summed E-state index contributed by atoms with van der Waals surface area (Å²) in [5, 5.41) is 0. The molecule has 5 N–H and O–H groups in total. The molecule has 0 aliphatic carbocycles. The van der Waals surface area contributed by atoms with Crippen LogP contribution in [0, 0.1) is 0 Å². The quantitative estimate of drug-likeness (QED) is 0.421. The number of halogens is 2. The van der Waals surface area contributed by atoms with E-state index in [1.165, 1.54) is 17.0 Å². The van der Waals surface area contributed by atoms with Crippen molar-refractivity contribution in [2.75, 3.05) is 12.3 Å². The van der Waals surface area contributed by atoms with Gasteiger partial charge in [0.05, 0.1) is 25.9 Å². The van der Waals surface area contributed by atoms with Crippen LogP contribution in [0.3, 0.4) is 0 Å². The Balaban J connectivity index is 1.80. The number of nitrogen functional groups attached to an aromatic ring is 1. The number of anilines is 1. The van der Waals surface area contributed by atoms with Crippen LogP contribution >= 0.6 is 7.60 Å². The second kappa shape index (κ2) is 7.30. The Morgan fingerprint density at radius 1 is 1.32 bits per heavy atom. The van der Waals surface area contributed by atoms with Crippen LogP contribution in [0.4, 0.5) is 14.7 Å². The van der Waals surface area contributed by atoms with E-state index >= 15 is 0 Å². The van der Waals surface area contributed by atoms with E-state index in [0.29, 0.717) is 5.56 Å². The van der Waals surface area contributed by atoms with Crippen LogP contribution in [0.25, 0.3) is 11.2 Å². The molecule has 2 aromatic heterocycles. The third-order valence-corrected chi connectivity index (χ3v) is 4.97. The van der Waals surface area contributed by atoms with Gasteiger partial charge in [0.2, 0.25) is 5.95 Å². The number of alkyl halides is 2. The van der Waals surface area contributed by atoms with Gasteiger partial charge in [-0.2, -0.15) is 13.8 Å². The fraction of sp³-hybridized carbons (Fsp3) is 0.267. The highest BCUT2D eigenvalue weighted by Gasteiger charge is 2.48. The molecule has 0 saturated carbocycles. The summed E-state index contributed by atoms with van der Waals surface area (Å²) in [6, 6.07) is 6.50. The number of fused-ring (bicyclic) bond motifs is 1. The molecule has 150 valence electrons. The molecule has 2 heterocycles. The molecule has 0 radical (unpaired) electrons. The lowest BCUT2D eigenvalue weighted by Gasteiger charge is -2.18. The van der Waals surface area contributed by atoms with Crippen LogP contribution in [-0.4, -0.2) is 41.6 Å². The standard InChI is InChI=1S/C15H16F2N5O5P/c16-15(17,28(24,25)26)5-6-27-10-4-2-1-3-9(10)7-22-8-19-11-12(22)20-14(18)21-13(11)23/h1-4,8H,5-7H2,(H2,24,25,26)(H3,18,20,21,23). The zero-order valence-electron chi connectivity index (χ0n) is 14.2. The van der Waals surface area contributed by atoms with Gasteiger partial charge in [0, 0.05) is 5.56 Å². The van der Waals surface area contributed by atoms with Gasteiger partial charge in [-0.05, 0) is 6.07 Å². The molecule has 3 aromatic rings. The highest BCUT2D eigenvalue weighted by molar-refractivity contribution is 7.53. The number of aromatic amines is 1. The minimum atomic E-state index is -5.56. The summed E-state index contributed by atoms with van der Waals surface area (Å²) < 4.78 is 44.4. The number of rotatable bonds is 7. The van der Waals surface area contributed by atoms with Crippen molar-refractivity contribution in [3.63, 3.8) is 0 Å². The van der Waals surface area contributed by atoms with Crippen molar-refractivity contribution in [2.24, 2.45) is 0 Å². The summed E-state index contributed by atoms with van der Waals surface area (Å²) in [4.78, 5) is 39.5. The number of imidazole rings is 1. The number of aromatic nitrogens is 4. The SMILES string of the molecule is Nc1nc2c(ncn2Cc2ccccc2OCCC(F)(F)P(=O)(O)O)c(=O)[nH]1. The van der Waals surface area contributed by atoms with E-state index < -0.39 is 31.8 Å². The Morgan fingerprint density at radius 3 is 2.75 bits per heavy atom. The smallest absolute Gasteiger partial charge is 0.394 e. The van der Waals surface area contributed by atoms with E-state index in [9.17, 15) is 18.1 Å². The number of hydrogen-bond donors (Lipinski definition) is 4. The minimum Gasteiger partial charge on any atom is -0.493 e. The predicted octanol–water partition coefficient (Wildman–Crippen LogP) is 1.29. The van der Waals surface area contributed by atoms with Crippen LogP contribution in [0.15, 0.2) is 35.4 Å². The normalized spacial score (nSPS) is 12.4. The first-order chi connectivity index (χ1) is 13.1. The van der Waals surface area contributed by atoms with Crippen molar-refractivity contribution < 1.29 is 27.9 Å². The second-order valence-electron chi connectivity index (χ2n) is 5.91. The van der Waals surface area contributed by atoms with Crippen molar-refractivity contribution in [1.82, 2.24) is 19.5 Å². The average molecular weight is 415 g/mol. The van der Waals surface area contributed by atoms with Gasteiger partial charge < -0.3 is 24.8 Å². The lowest BCUT2D eigenvalue weighted by Crippen LogP contribution is -2.20. The van der Waals surface area contributed by atoms with Crippen LogP contribution in [0.1, 0.15) is 12.0 Å². The number of nitrogens with two attached hydrogens (primary N) is 1. The van der Waals surface area contributed by atoms with E-state index in [4.69, 9.17) is 20.3 Å². The lowest BCUT2D eigenvalue weighted by molar-refractivity contribution is 0.0367. The summed E-state index contributed by atoms with van der Waals surface area (Å²) in [5.41, 5.74) is 1.77. The molecule has 10 nitrogen and oxygen atoms in total. The molecule has 0 aliphatic heterocycles. The van der Waals surface area contributed by atoms with Gasteiger partial charge >= 0.3 is 13.3 Å². The zero-order valence-corrected chi connectivity index (χ0v) is 15.1. The fourth-order valence-electron chi connectivity index (χ4n) is 2.47. The Labute approximate surface area is 156 Å². The number of H-pyrrole nitrogens is 1. The molecule has 0 bridgehead atoms. The van der Waals surface area contributed by atoms with Crippen molar-refractivity contribution >= 4 is 24.7 Å². The molecule has 0 aliphatic rings. The molecule has 13 heteroatoms. The zero-order chi connectivity index (χ0) is 20.5. The highest BCUT2D eigenvalue weighted by atomic mass is 31.2. The number of nitrogens with one attached hydrogen (secondary N) is 1. The third-order valence-electron chi connectivity index (χ3n) is 3.89. The van der Waals surface area contributed by atoms with Gasteiger partial charge in [-0.1, -0.05) is 18.2 Å². The van der Waals surface area contributed by atoms with Crippen molar-refractivity contribution in [3.8, 4) is 5.75 Å². The van der Waals surface area contributed by atoms with Gasteiger partial charge in [0.1, 0.15) is 5.75 Å². The topological polar surface area (TPSA) is 156 Å². The maximum Gasteiger partial charge on any atom is 0.394 e. The summed E-state index contributed by atoms with van der Waals surface area (Å²) in [7, 11) is -5.56. The molecule has 0 unspecified atom stereocenters. The maximum absolute atomic E-state index is 13.4. The molecule has 28 heavy (non-hydrogen) atoms. The van der Waals surface area contributed by atoms with E-state index in [1.807, 2.05) is 0 Å². The molecular weight excluding hydrogens is 399 g/mol. The minimum absolute atomic E-state index is 0.0801. The van der Waals surface area contributed by atoms with Crippen molar-refractivity contribution in [2.45, 2.75) is 18.6 Å². The molecule has 0 saturated heterocycles. The molecule has 0 amide bonds. The summed E-state index contributed by atoms with van der Waals surface area (Å²) in [5.74, 6) is 0.159. The third kappa shape index (κ3) is 4.03. The van der Waals surface area contributed by atoms with Crippen molar-refractivity contribution in [3.05, 3.63) is 46.5 Å². The molecule has 3 rings (SSSR count). The maximum atomic E-state index is 13.4. The van der Waals surface area contributed by atoms with Crippen molar-refractivity contribution in [1.29, 1.82) is 0 Å². The molecule has 0 atom stereocenters. The van der Waals surface area contributed by atoms with Crippen LogP contribution in [0.5, 0.6) is 5.75 Å². The largest absolute Gasteiger partial charge is 0.493 e. The Morgan fingerprint density at radius 2 is 2.04 bits per heavy atom. The van der Waals surface area contributed by atoms with Crippen LogP contribution in [0.2, 0.25) is 0 Å². The first-order valence-corrected chi connectivity index (χ1v) is 9.54. The van der Waals surface area contributed by atoms with Crippen LogP contribution < -0.4 is 16.0 Å². The fourth-order valence-corrected chi connectivity index (χ4v) is 2.86. The Hall–Kier alpha value is -2.82. The number of hydrogen-bond acceptors (Lipinski definition) is 6. The summed E-state index contributed by atoms with van der Waals surface area (Å²) in [6.45, 7) is -0.456. The number of benzene rings is 1. The molecule has 0 spiro atoms. The average Bonchev–Trinajstić information content (AvgIpc) is 2.98. The molecular formula is C15H16F2N5O5P. The van der Waals surface area contributed by atoms with Crippen LogP contribution in [-0.2, 0) is 11.1 Å². The van der Waals surface area contributed by atoms with E-state index in [-0.39, 0.29) is 29.4 Å². The number of nitrogens with zero attached hydrogens (tertiary/aromatic N) is 3. The van der Waals surface area contributed by atoms with E-state index in [2.05, 4.69) is 15.0 Å². The molecule has 0 fully saturated rings. The first-order valence-electron chi connectivity index (χ1n) is 7.93.